The molecule has 11 heteroatoms. The van der Waals surface area contributed by atoms with E-state index in [1.165, 1.54) is 42.0 Å². The number of allylic oxidation sites excluding steroid dienone is 6. The van der Waals surface area contributed by atoms with Crippen LogP contribution in [0.1, 0.15) is 54.3 Å². The zero-order valence-electron chi connectivity index (χ0n) is 19.7. The van der Waals surface area contributed by atoms with E-state index in [-0.39, 0.29) is 28.3 Å². The molecule has 2 aliphatic rings. The summed E-state index contributed by atoms with van der Waals surface area (Å²) < 4.78 is 66.8. The van der Waals surface area contributed by atoms with E-state index in [1.54, 1.807) is 19.9 Å². The van der Waals surface area contributed by atoms with Gasteiger partial charge in [0.1, 0.15) is 0 Å². The summed E-state index contributed by atoms with van der Waals surface area (Å²) in [5.74, 6) is -2.41. The van der Waals surface area contributed by atoms with Gasteiger partial charge >= 0.3 is 6.18 Å². The minimum absolute atomic E-state index is 0.0290. The van der Waals surface area contributed by atoms with E-state index in [2.05, 4.69) is 5.32 Å². The second-order valence-corrected chi connectivity index (χ2v) is 11.8. The molecule has 6 nitrogen and oxygen atoms in total. The minimum atomic E-state index is -4.56. The molecule has 3 rings (SSSR count). The van der Waals surface area contributed by atoms with Gasteiger partial charge in [-0.25, -0.2) is 8.42 Å². The molecule has 2 aliphatic carbocycles. The molecule has 192 valence electrons. The van der Waals surface area contributed by atoms with E-state index in [9.17, 15) is 31.5 Å². The zero-order valence-corrected chi connectivity index (χ0v) is 21.3. The van der Waals surface area contributed by atoms with Gasteiger partial charge in [0.25, 0.3) is 5.91 Å². The number of aliphatic hydroxyl groups is 1. The summed E-state index contributed by atoms with van der Waals surface area (Å²) in [4.78, 5) is 13.1. The van der Waals surface area contributed by atoms with Gasteiger partial charge in [0.15, 0.2) is 9.84 Å². The molecule has 0 aliphatic heterocycles. The Kier molecular flexibility index (Phi) is 7.79. The second kappa shape index (κ2) is 9.99. The number of rotatable bonds is 6. The molecule has 0 spiro atoms. The summed E-state index contributed by atoms with van der Waals surface area (Å²) in [6, 6.07) is -0.620. The van der Waals surface area contributed by atoms with Crippen LogP contribution >= 0.6 is 11.6 Å². The van der Waals surface area contributed by atoms with Gasteiger partial charge in [-0.1, -0.05) is 29.8 Å². The smallest absolute Gasteiger partial charge is 0.391 e. The highest BCUT2D eigenvalue weighted by molar-refractivity contribution is 7.91. The van der Waals surface area contributed by atoms with Crippen LogP contribution in [-0.4, -0.2) is 47.8 Å². The highest BCUT2D eigenvalue weighted by Gasteiger charge is 2.45. The maximum atomic E-state index is 13.9. The van der Waals surface area contributed by atoms with Crippen molar-refractivity contribution in [2.45, 2.75) is 57.2 Å². The number of alkyl halides is 3. The first-order valence-corrected chi connectivity index (χ1v) is 13.4. The molecule has 0 saturated carbocycles. The predicted molar refractivity (Wildman–Crippen MR) is 130 cm³/mol. The molecule has 2 N–H and O–H groups in total. The summed E-state index contributed by atoms with van der Waals surface area (Å²) >= 11 is 5.92. The van der Waals surface area contributed by atoms with Crippen molar-refractivity contribution in [3.63, 3.8) is 0 Å². The number of aromatic nitrogens is 1. The number of carbonyl (C=O) groups is 1. The summed E-state index contributed by atoms with van der Waals surface area (Å²) in [6.45, 7) is 4.74. The van der Waals surface area contributed by atoms with Gasteiger partial charge in [0.05, 0.1) is 28.9 Å². The summed E-state index contributed by atoms with van der Waals surface area (Å²) in [5, 5.41) is 12.3. The second-order valence-electron chi connectivity index (χ2n) is 9.02. The van der Waals surface area contributed by atoms with Crippen LogP contribution in [0.2, 0.25) is 0 Å². The number of hydrogen-bond donors (Lipinski definition) is 2. The summed E-state index contributed by atoms with van der Waals surface area (Å²) in [5.41, 5.74) is 1.05. The quantitative estimate of drug-likeness (QED) is 0.550. The van der Waals surface area contributed by atoms with Crippen LogP contribution in [0.3, 0.4) is 0 Å². The molecule has 2 unspecified atom stereocenters. The van der Waals surface area contributed by atoms with Crippen LogP contribution in [0.25, 0.3) is 5.57 Å². The first kappa shape index (κ1) is 27.3. The van der Waals surface area contributed by atoms with Crippen molar-refractivity contribution in [3.8, 4) is 0 Å². The molecular formula is C24H28ClF3N2O4S. The van der Waals surface area contributed by atoms with E-state index < -0.39 is 51.7 Å². The zero-order chi connectivity index (χ0) is 26.3. The van der Waals surface area contributed by atoms with Crippen molar-refractivity contribution in [1.29, 1.82) is 0 Å². The van der Waals surface area contributed by atoms with Gasteiger partial charge in [-0.2, -0.15) is 13.2 Å². The van der Waals surface area contributed by atoms with Crippen LogP contribution < -0.4 is 5.32 Å². The number of hydrogen-bond acceptors (Lipinski definition) is 4. The van der Waals surface area contributed by atoms with E-state index in [4.69, 9.17) is 11.6 Å². The largest absolute Gasteiger partial charge is 0.396 e. The third-order valence-electron chi connectivity index (χ3n) is 6.42. The molecule has 0 radical (unpaired) electrons. The first-order chi connectivity index (χ1) is 16.1. The average molecular weight is 533 g/mol. The van der Waals surface area contributed by atoms with Crippen LogP contribution in [-0.2, 0) is 9.84 Å². The first-order valence-electron chi connectivity index (χ1n) is 11.0. The third kappa shape index (κ3) is 5.92. The monoisotopic (exact) mass is 532 g/mol. The fraction of sp³-hybridized carbons (Fsp3) is 0.458. The van der Waals surface area contributed by atoms with Crippen molar-refractivity contribution >= 4 is 32.9 Å². The summed E-state index contributed by atoms with van der Waals surface area (Å²) in [6.07, 6.45) is 4.20. The lowest BCUT2D eigenvalue weighted by Gasteiger charge is -2.29. The molecule has 1 amide bonds. The molecule has 35 heavy (non-hydrogen) atoms. The predicted octanol–water partition coefficient (Wildman–Crippen LogP) is 4.81. The fourth-order valence-electron chi connectivity index (χ4n) is 4.18. The molecule has 0 fully saturated rings. The van der Waals surface area contributed by atoms with Gasteiger partial charge in [-0.05, 0) is 56.9 Å². The molecular weight excluding hydrogens is 505 g/mol. The van der Waals surface area contributed by atoms with Gasteiger partial charge in [-0.3, -0.25) is 4.79 Å². The Bertz CT molecular complexity index is 1240. The number of aliphatic hydroxyl groups excluding tert-OH is 1. The standard InChI is InChI=1S/C24H28ClF3N2O4S/c1-13-20(23(32)29-17-6-8-18(9-7-17)35(4,33)34)12-30(14(2)15(3)31)22(13)19-10-5-16(25)11-21(19)24(26,27)28/h5-8,10,12,14-15,18,21,31H,9,11H2,1-4H3,(H,29,32)/t14-,15+,18?,21?/m1/s1. The number of halogens is 4. The van der Waals surface area contributed by atoms with Gasteiger partial charge in [0, 0.05) is 28.9 Å². The lowest BCUT2D eigenvalue weighted by molar-refractivity contribution is -0.157. The van der Waals surface area contributed by atoms with E-state index >= 15 is 0 Å². The van der Waals surface area contributed by atoms with E-state index in [1.807, 2.05) is 0 Å². The third-order valence-corrected chi connectivity index (χ3v) is 8.15. The van der Waals surface area contributed by atoms with Crippen molar-refractivity contribution in [2.24, 2.45) is 5.92 Å². The number of nitrogens with zero attached hydrogens (tertiary/aromatic N) is 1. The average Bonchev–Trinajstić information content (AvgIpc) is 3.09. The minimum Gasteiger partial charge on any atom is -0.391 e. The Balaban J connectivity index is 2.02. The Morgan fingerprint density at radius 2 is 1.94 bits per heavy atom. The Morgan fingerprint density at radius 1 is 1.29 bits per heavy atom. The van der Waals surface area contributed by atoms with Gasteiger partial charge in [-0.15, -0.1) is 0 Å². The van der Waals surface area contributed by atoms with Crippen molar-refractivity contribution in [1.82, 2.24) is 9.88 Å². The molecule has 4 atom stereocenters. The molecule has 0 aromatic carbocycles. The number of amides is 1. The number of sulfone groups is 1. The number of carbonyl (C=O) groups excluding carboxylic acids is 1. The van der Waals surface area contributed by atoms with Crippen molar-refractivity contribution in [2.75, 3.05) is 6.26 Å². The molecule has 1 heterocycles. The van der Waals surface area contributed by atoms with Gasteiger partial charge in [0.2, 0.25) is 0 Å². The highest BCUT2D eigenvalue weighted by atomic mass is 35.5. The van der Waals surface area contributed by atoms with Crippen LogP contribution in [0.4, 0.5) is 13.2 Å². The molecule has 1 aromatic rings. The normalized spacial score (nSPS) is 22.7. The van der Waals surface area contributed by atoms with E-state index in [0.29, 0.717) is 11.3 Å². The Labute approximate surface area is 207 Å². The number of nitrogens with one attached hydrogen (secondary N) is 1. The SMILES string of the molecule is Cc1c(C(=O)NC2=CCC(S(C)(=O)=O)C=C2)cn([C@H](C)[C@H](C)O)c1C1=CC=C(Cl)CC1C(F)(F)F. The fourth-order valence-corrected chi connectivity index (χ4v) is 5.21. The topological polar surface area (TPSA) is 88.4 Å². The van der Waals surface area contributed by atoms with Crippen LogP contribution in [0.5, 0.6) is 0 Å². The van der Waals surface area contributed by atoms with Crippen molar-refractivity contribution in [3.05, 3.63) is 64.1 Å². The lowest BCUT2D eigenvalue weighted by Crippen LogP contribution is -2.28. The van der Waals surface area contributed by atoms with Crippen LogP contribution in [0.15, 0.2) is 47.3 Å². The summed E-state index contributed by atoms with van der Waals surface area (Å²) in [7, 11) is -3.27. The Hall–Kier alpha value is -2.30. The van der Waals surface area contributed by atoms with Crippen molar-refractivity contribution < 1.29 is 31.5 Å². The van der Waals surface area contributed by atoms with Crippen LogP contribution in [0, 0.1) is 12.8 Å². The molecule has 1 aromatic heterocycles. The van der Waals surface area contributed by atoms with Gasteiger partial charge < -0.3 is 15.0 Å². The maximum absolute atomic E-state index is 13.9. The Morgan fingerprint density at radius 3 is 2.46 bits per heavy atom. The van der Waals surface area contributed by atoms with E-state index in [0.717, 1.165) is 6.26 Å². The molecule has 0 saturated heterocycles. The molecule has 0 bridgehead atoms. The lowest BCUT2D eigenvalue weighted by atomic mass is 9.86. The highest BCUT2D eigenvalue weighted by Crippen LogP contribution is 2.46. The maximum Gasteiger partial charge on any atom is 0.396 e.